The summed E-state index contributed by atoms with van der Waals surface area (Å²) >= 11 is 0. The lowest BCUT2D eigenvalue weighted by Crippen LogP contribution is -2.35. The summed E-state index contributed by atoms with van der Waals surface area (Å²) in [6.07, 6.45) is 1.04. The average molecular weight is 316 g/mol. The van der Waals surface area contributed by atoms with Crippen LogP contribution in [0.4, 0.5) is 18.9 Å². The molecule has 0 spiro atoms. The number of rotatable bonds is 7. The Hall–Kier alpha value is -2.05. The first-order chi connectivity index (χ1) is 10.4. The van der Waals surface area contributed by atoms with Crippen LogP contribution < -0.4 is 5.32 Å². The van der Waals surface area contributed by atoms with Crippen LogP contribution in [0, 0.1) is 17.5 Å². The normalized spacial score (nSPS) is 10.4. The van der Waals surface area contributed by atoms with Crippen LogP contribution in [0.25, 0.3) is 0 Å². The van der Waals surface area contributed by atoms with Gasteiger partial charge in [0, 0.05) is 13.1 Å². The summed E-state index contributed by atoms with van der Waals surface area (Å²) in [6, 6.07) is 1.61. The number of carbonyl (C=O) groups excluding carboxylic acids is 2. The topological polar surface area (TPSA) is 49.4 Å². The first-order valence-corrected chi connectivity index (χ1v) is 7.11. The maximum absolute atomic E-state index is 13.4. The molecule has 0 aliphatic rings. The van der Waals surface area contributed by atoms with Crippen LogP contribution in [0.5, 0.6) is 0 Å². The Morgan fingerprint density at radius 3 is 2.18 bits per heavy atom. The van der Waals surface area contributed by atoms with Crippen LogP contribution in [-0.2, 0) is 9.59 Å². The molecule has 0 bridgehead atoms. The molecule has 0 saturated carbocycles. The standard InChI is InChI=1S/C15H19F3N2O2/c1-3-7-20(8-4-2)13(22)9-12(21)19-11-6-5-10(16)14(17)15(11)18/h5-6H,3-4,7-9H2,1-2H3,(H,19,21). The summed E-state index contributed by atoms with van der Waals surface area (Å²) < 4.78 is 39.3. The summed E-state index contributed by atoms with van der Waals surface area (Å²) in [5.41, 5.74) is -0.491. The molecule has 22 heavy (non-hydrogen) atoms. The Balaban J connectivity index is 2.70. The number of benzene rings is 1. The first kappa shape index (κ1) is 18.0. The number of hydrogen-bond acceptors (Lipinski definition) is 2. The Kier molecular flexibility index (Phi) is 6.88. The van der Waals surface area contributed by atoms with Gasteiger partial charge in [0.1, 0.15) is 6.42 Å². The zero-order valence-electron chi connectivity index (χ0n) is 12.6. The fourth-order valence-electron chi connectivity index (χ4n) is 1.97. The number of anilines is 1. The largest absolute Gasteiger partial charge is 0.342 e. The zero-order valence-corrected chi connectivity index (χ0v) is 12.6. The molecule has 0 aliphatic carbocycles. The fourth-order valence-corrected chi connectivity index (χ4v) is 1.97. The zero-order chi connectivity index (χ0) is 16.7. The van der Waals surface area contributed by atoms with Gasteiger partial charge in [0.25, 0.3) is 0 Å². The van der Waals surface area contributed by atoms with Crippen molar-refractivity contribution in [2.45, 2.75) is 33.1 Å². The molecule has 1 aromatic carbocycles. The molecule has 0 radical (unpaired) electrons. The van der Waals surface area contributed by atoms with E-state index in [1.54, 1.807) is 4.90 Å². The minimum atomic E-state index is -1.66. The number of hydrogen-bond donors (Lipinski definition) is 1. The van der Waals surface area contributed by atoms with Crippen molar-refractivity contribution in [3.05, 3.63) is 29.6 Å². The van der Waals surface area contributed by atoms with Crippen molar-refractivity contribution in [2.75, 3.05) is 18.4 Å². The van der Waals surface area contributed by atoms with Gasteiger partial charge in [-0.05, 0) is 25.0 Å². The lowest BCUT2D eigenvalue weighted by atomic mass is 10.2. The third kappa shape index (κ3) is 4.75. The second kappa shape index (κ2) is 8.41. The number of halogens is 3. The fraction of sp³-hybridized carbons (Fsp3) is 0.467. The summed E-state index contributed by atoms with van der Waals surface area (Å²) in [5.74, 6) is -5.65. The van der Waals surface area contributed by atoms with Crippen LogP contribution in [-0.4, -0.2) is 29.8 Å². The van der Waals surface area contributed by atoms with E-state index in [0.717, 1.165) is 18.9 Å². The quantitative estimate of drug-likeness (QED) is 0.621. The SMILES string of the molecule is CCCN(CCC)C(=O)CC(=O)Nc1ccc(F)c(F)c1F. The molecule has 0 atom stereocenters. The molecule has 0 fully saturated rings. The summed E-state index contributed by atoms with van der Waals surface area (Å²) in [4.78, 5) is 25.3. The van der Waals surface area contributed by atoms with E-state index in [1.807, 2.05) is 13.8 Å². The molecule has 1 rings (SSSR count). The van der Waals surface area contributed by atoms with Crippen molar-refractivity contribution < 1.29 is 22.8 Å². The Morgan fingerprint density at radius 2 is 1.64 bits per heavy atom. The van der Waals surface area contributed by atoms with Crippen LogP contribution >= 0.6 is 0 Å². The van der Waals surface area contributed by atoms with E-state index in [0.29, 0.717) is 19.2 Å². The van der Waals surface area contributed by atoms with Gasteiger partial charge in [-0.1, -0.05) is 13.8 Å². The lowest BCUT2D eigenvalue weighted by molar-refractivity contribution is -0.134. The summed E-state index contributed by atoms with van der Waals surface area (Å²) in [5, 5.41) is 2.08. The number of nitrogens with one attached hydrogen (secondary N) is 1. The van der Waals surface area contributed by atoms with Gasteiger partial charge >= 0.3 is 0 Å². The van der Waals surface area contributed by atoms with E-state index in [1.165, 1.54) is 0 Å². The number of carbonyl (C=O) groups is 2. The van der Waals surface area contributed by atoms with Gasteiger partial charge in [-0.15, -0.1) is 0 Å². The van der Waals surface area contributed by atoms with Crippen molar-refractivity contribution in [1.82, 2.24) is 4.90 Å². The molecule has 122 valence electrons. The first-order valence-electron chi connectivity index (χ1n) is 7.11. The number of nitrogens with zero attached hydrogens (tertiary/aromatic N) is 1. The van der Waals surface area contributed by atoms with Crippen LogP contribution in [0.15, 0.2) is 12.1 Å². The average Bonchev–Trinajstić information content (AvgIpc) is 2.47. The van der Waals surface area contributed by atoms with Gasteiger partial charge in [-0.3, -0.25) is 9.59 Å². The predicted molar refractivity (Wildman–Crippen MR) is 76.7 cm³/mol. The highest BCUT2D eigenvalue weighted by Gasteiger charge is 2.19. The molecule has 0 aromatic heterocycles. The van der Waals surface area contributed by atoms with Crippen molar-refractivity contribution >= 4 is 17.5 Å². The number of amides is 2. The monoisotopic (exact) mass is 316 g/mol. The van der Waals surface area contributed by atoms with Crippen molar-refractivity contribution in [1.29, 1.82) is 0 Å². The van der Waals surface area contributed by atoms with E-state index < -0.39 is 35.5 Å². The highest BCUT2D eigenvalue weighted by molar-refractivity contribution is 6.03. The molecule has 0 unspecified atom stereocenters. The van der Waals surface area contributed by atoms with Gasteiger partial charge in [0.2, 0.25) is 11.8 Å². The molecule has 1 aromatic rings. The van der Waals surface area contributed by atoms with Gasteiger partial charge < -0.3 is 10.2 Å². The minimum absolute atomic E-state index is 0.385. The molecular formula is C15H19F3N2O2. The molecule has 4 nitrogen and oxygen atoms in total. The predicted octanol–water partition coefficient (Wildman–Crippen LogP) is 3.08. The van der Waals surface area contributed by atoms with Crippen LogP contribution in [0.3, 0.4) is 0 Å². The second-order valence-electron chi connectivity index (χ2n) is 4.83. The second-order valence-corrected chi connectivity index (χ2v) is 4.83. The van der Waals surface area contributed by atoms with Gasteiger partial charge in [0.15, 0.2) is 17.5 Å². The van der Waals surface area contributed by atoms with Crippen molar-refractivity contribution in [2.24, 2.45) is 0 Å². The maximum atomic E-state index is 13.4. The van der Waals surface area contributed by atoms with E-state index in [-0.39, 0.29) is 5.91 Å². The van der Waals surface area contributed by atoms with E-state index in [2.05, 4.69) is 5.32 Å². The van der Waals surface area contributed by atoms with Crippen molar-refractivity contribution in [3.63, 3.8) is 0 Å². The molecular weight excluding hydrogens is 297 g/mol. The Labute approximate surface area is 127 Å². The minimum Gasteiger partial charge on any atom is -0.342 e. The van der Waals surface area contributed by atoms with Crippen LogP contribution in [0.2, 0.25) is 0 Å². The molecule has 1 N–H and O–H groups in total. The highest BCUT2D eigenvalue weighted by Crippen LogP contribution is 2.19. The molecule has 7 heteroatoms. The third-order valence-electron chi connectivity index (χ3n) is 2.96. The Morgan fingerprint density at radius 1 is 1.05 bits per heavy atom. The molecule has 2 amide bonds. The molecule has 0 heterocycles. The molecule has 0 aliphatic heterocycles. The maximum Gasteiger partial charge on any atom is 0.233 e. The summed E-state index contributed by atoms with van der Waals surface area (Å²) in [6.45, 7) is 4.87. The van der Waals surface area contributed by atoms with Gasteiger partial charge in [-0.25, -0.2) is 13.2 Å². The summed E-state index contributed by atoms with van der Waals surface area (Å²) in [7, 11) is 0. The lowest BCUT2D eigenvalue weighted by Gasteiger charge is -2.21. The highest BCUT2D eigenvalue weighted by atomic mass is 19.2. The van der Waals surface area contributed by atoms with Crippen molar-refractivity contribution in [3.8, 4) is 0 Å². The smallest absolute Gasteiger partial charge is 0.233 e. The Bertz CT molecular complexity index is 544. The van der Waals surface area contributed by atoms with Gasteiger partial charge in [0.05, 0.1) is 5.69 Å². The van der Waals surface area contributed by atoms with Gasteiger partial charge in [-0.2, -0.15) is 0 Å². The van der Waals surface area contributed by atoms with E-state index in [9.17, 15) is 22.8 Å². The van der Waals surface area contributed by atoms with E-state index >= 15 is 0 Å². The third-order valence-corrected chi connectivity index (χ3v) is 2.96. The van der Waals surface area contributed by atoms with E-state index in [4.69, 9.17) is 0 Å². The van der Waals surface area contributed by atoms with Crippen LogP contribution in [0.1, 0.15) is 33.1 Å². The molecule has 0 saturated heterocycles.